The molecule has 1 amide bonds. The van der Waals surface area contributed by atoms with Crippen LogP contribution >= 0.6 is 24.0 Å². The van der Waals surface area contributed by atoms with Gasteiger partial charge in [0.15, 0.2) is 0 Å². The van der Waals surface area contributed by atoms with Crippen molar-refractivity contribution in [2.45, 2.75) is 31.8 Å². The number of halogens is 3. The van der Waals surface area contributed by atoms with E-state index in [4.69, 9.17) is 11.6 Å². The maximum atomic E-state index is 13.8. The average Bonchev–Trinajstić information content (AvgIpc) is 3.05. The van der Waals surface area contributed by atoms with Crippen LogP contribution in [0.15, 0.2) is 30.5 Å². The van der Waals surface area contributed by atoms with Gasteiger partial charge < -0.3 is 10.6 Å². The first-order valence-corrected chi connectivity index (χ1v) is 8.45. The van der Waals surface area contributed by atoms with Gasteiger partial charge in [0.05, 0.1) is 5.02 Å². The number of nitrogens with zero attached hydrogens (tertiary/aromatic N) is 2. The van der Waals surface area contributed by atoms with E-state index in [1.807, 2.05) is 6.07 Å². The summed E-state index contributed by atoms with van der Waals surface area (Å²) in [6.07, 6.45) is 3.93. The fraction of sp³-hybridized carbons (Fsp3) is 0.412. The third-order valence-electron chi connectivity index (χ3n) is 4.27. The Morgan fingerprint density at radius 1 is 1.44 bits per heavy atom. The molecule has 0 aliphatic carbocycles. The van der Waals surface area contributed by atoms with E-state index in [1.54, 1.807) is 23.0 Å². The Morgan fingerprint density at radius 2 is 2.28 bits per heavy atom. The van der Waals surface area contributed by atoms with E-state index in [0.29, 0.717) is 11.5 Å². The third kappa shape index (κ3) is 4.93. The molecular weight excluding hydrogens is 366 g/mol. The summed E-state index contributed by atoms with van der Waals surface area (Å²) in [6, 6.07) is 6.71. The molecule has 3 rings (SSSR count). The van der Waals surface area contributed by atoms with Crippen LogP contribution in [0.1, 0.15) is 30.0 Å². The Bertz CT molecular complexity index is 716. The van der Waals surface area contributed by atoms with E-state index in [2.05, 4.69) is 15.7 Å². The molecule has 1 atom stereocenters. The molecule has 25 heavy (non-hydrogen) atoms. The van der Waals surface area contributed by atoms with Crippen molar-refractivity contribution in [3.8, 4) is 0 Å². The highest BCUT2D eigenvalue weighted by atomic mass is 35.5. The number of carbonyl (C=O) groups is 1. The van der Waals surface area contributed by atoms with Gasteiger partial charge in [0, 0.05) is 36.5 Å². The van der Waals surface area contributed by atoms with Gasteiger partial charge in [-0.25, -0.2) is 4.39 Å². The van der Waals surface area contributed by atoms with Gasteiger partial charge in [0.2, 0.25) is 5.91 Å². The Hall–Kier alpha value is -1.63. The van der Waals surface area contributed by atoms with Crippen molar-refractivity contribution in [3.63, 3.8) is 0 Å². The predicted octanol–water partition coefficient (Wildman–Crippen LogP) is 2.88. The van der Waals surface area contributed by atoms with Gasteiger partial charge in [0.1, 0.15) is 12.4 Å². The summed E-state index contributed by atoms with van der Waals surface area (Å²) in [4.78, 5) is 12.2. The highest BCUT2D eigenvalue weighted by Gasteiger charge is 2.20. The summed E-state index contributed by atoms with van der Waals surface area (Å²) >= 11 is 5.74. The summed E-state index contributed by atoms with van der Waals surface area (Å²) in [6.45, 7) is 2.17. The number of rotatable bonds is 5. The van der Waals surface area contributed by atoms with Crippen LogP contribution in [0, 0.1) is 5.82 Å². The molecule has 1 saturated heterocycles. The molecular formula is C17H21Cl2FN4O. The normalized spacial score (nSPS) is 17.0. The van der Waals surface area contributed by atoms with Crippen molar-refractivity contribution < 1.29 is 9.18 Å². The number of hydrogen-bond acceptors (Lipinski definition) is 3. The topological polar surface area (TPSA) is 59.0 Å². The van der Waals surface area contributed by atoms with Crippen molar-refractivity contribution >= 4 is 29.9 Å². The molecule has 8 heteroatoms. The molecule has 1 fully saturated rings. The Balaban J connectivity index is 0.00000225. The van der Waals surface area contributed by atoms with Gasteiger partial charge in [-0.15, -0.1) is 12.4 Å². The van der Waals surface area contributed by atoms with E-state index in [9.17, 15) is 9.18 Å². The fourth-order valence-corrected chi connectivity index (χ4v) is 3.19. The molecule has 0 spiro atoms. The number of nitrogens with one attached hydrogen (secondary N) is 2. The second kappa shape index (κ2) is 9.17. The number of amides is 1. The lowest BCUT2D eigenvalue weighted by molar-refractivity contribution is -0.122. The second-order valence-corrected chi connectivity index (χ2v) is 6.35. The summed E-state index contributed by atoms with van der Waals surface area (Å²) in [7, 11) is 0. The van der Waals surface area contributed by atoms with E-state index in [0.717, 1.165) is 31.6 Å². The van der Waals surface area contributed by atoms with E-state index in [1.165, 1.54) is 6.07 Å². The zero-order valence-electron chi connectivity index (χ0n) is 13.7. The van der Waals surface area contributed by atoms with Crippen molar-refractivity contribution in [1.82, 2.24) is 20.4 Å². The van der Waals surface area contributed by atoms with Gasteiger partial charge in [0.25, 0.3) is 0 Å². The van der Waals surface area contributed by atoms with E-state index in [-0.39, 0.29) is 36.4 Å². The van der Waals surface area contributed by atoms with Crippen molar-refractivity contribution in [2.75, 3.05) is 13.1 Å². The molecule has 1 aliphatic rings. The Labute approximate surface area is 157 Å². The first-order chi connectivity index (χ1) is 11.6. The molecule has 2 heterocycles. The molecule has 2 N–H and O–H groups in total. The minimum absolute atomic E-state index is 0. The lowest BCUT2D eigenvalue weighted by atomic mass is 9.96. The molecule has 1 aromatic heterocycles. The van der Waals surface area contributed by atoms with Gasteiger partial charge in [-0.1, -0.05) is 23.7 Å². The zero-order valence-corrected chi connectivity index (χ0v) is 15.2. The SMILES string of the molecule is Cl.O=C(Cn1nccc1C1CCCNC1)NCc1cccc(Cl)c1F. The molecule has 5 nitrogen and oxygen atoms in total. The van der Waals surface area contributed by atoms with Crippen LogP contribution in [0.5, 0.6) is 0 Å². The van der Waals surface area contributed by atoms with Crippen LogP contribution in [0.3, 0.4) is 0 Å². The van der Waals surface area contributed by atoms with Gasteiger partial charge >= 0.3 is 0 Å². The van der Waals surface area contributed by atoms with Gasteiger partial charge in [-0.05, 0) is 31.5 Å². The van der Waals surface area contributed by atoms with Crippen LogP contribution in [-0.4, -0.2) is 28.8 Å². The Kier molecular flexibility index (Phi) is 7.23. The molecule has 0 saturated carbocycles. The highest BCUT2D eigenvalue weighted by molar-refractivity contribution is 6.30. The second-order valence-electron chi connectivity index (χ2n) is 5.95. The van der Waals surface area contributed by atoms with E-state index >= 15 is 0 Å². The molecule has 0 radical (unpaired) electrons. The maximum Gasteiger partial charge on any atom is 0.242 e. The maximum absolute atomic E-state index is 13.8. The minimum Gasteiger partial charge on any atom is -0.350 e. The van der Waals surface area contributed by atoms with Crippen LogP contribution in [0.2, 0.25) is 5.02 Å². The van der Waals surface area contributed by atoms with Crippen LogP contribution < -0.4 is 10.6 Å². The largest absolute Gasteiger partial charge is 0.350 e. The standard InChI is InChI=1S/C17H20ClFN4O.ClH/c18-14-5-1-3-13(17(14)19)10-21-16(24)11-23-15(6-8-22-23)12-4-2-7-20-9-12;/h1,3,5-6,8,12,20H,2,4,7,9-11H2,(H,21,24);1H. The molecule has 0 bridgehead atoms. The van der Waals surface area contributed by atoms with Gasteiger partial charge in [-0.3, -0.25) is 9.48 Å². The van der Waals surface area contributed by atoms with Crippen molar-refractivity contribution in [3.05, 3.63) is 52.6 Å². The molecule has 2 aromatic rings. The zero-order chi connectivity index (χ0) is 16.9. The van der Waals surface area contributed by atoms with Crippen molar-refractivity contribution in [1.29, 1.82) is 0 Å². The summed E-state index contributed by atoms with van der Waals surface area (Å²) in [5.41, 5.74) is 1.43. The van der Waals surface area contributed by atoms with Crippen LogP contribution in [0.25, 0.3) is 0 Å². The monoisotopic (exact) mass is 386 g/mol. The fourth-order valence-electron chi connectivity index (χ4n) is 3.00. The quantitative estimate of drug-likeness (QED) is 0.830. The van der Waals surface area contributed by atoms with Gasteiger partial charge in [-0.2, -0.15) is 5.10 Å². The lowest BCUT2D eigenvalue weighted by Gasteiger charge is -2.23. The molecule has 136 valence electrons. The molecule has 1 aliphatic heterocycles. The predicted molar refractivity (Wildman–Crippen MR) is 97.6 cm³/mol. The van der Waals surface area contributed by atoms with Crippen molar-refractivity contribution in [2.24, 2.45) is 0 Å². The van der Waals surface area contributed by atoms with Crippen LogP contribution in [0.4, 0.5) is 4.39 Å². The minimum atomic E-state index is -0.493. The summed E-state index contributed by atoms with van der Waals surface area (Å²) < 4.78 is 15.6. The van der Waals surface area contributed by atoms with E-state index < -0.39 is 5.82 Å². The molecule has 1 unspecified atom stereocenters. The molecule has 1 aromatic carbocycles. The number of hydrogen-bond donors (Lipinski definition) is 2. The first kappa shape index (κ1) is 19.7. The lowest BCUT2D eigenvalue weighted by Crippen LogP contribution is -2.32. The first-order valence-electron chi connectivity index (χ1n) is 8.07. The summed E-state index contributed by atoms with van der Waals surface area (Å²) in [5, 5.41) is 10.4. The highest BCUT2D eigenvalue weighted by Crippen LogP contribution is 2.22. The number of carbonyl (C=O) groups excluding carboxylic acids is 1. The average molecular weight is 387 g/mol. The number of aromatic nitrogens is 2. The Morgan fingerprint density at radius 3 is 3.04 bits per heavy atom. The smallest absolute Gasteiger partial charge is 0.242 e. The third-order valence-corrected chi connectivity index (χ3v) is 4.56. The number of benzene rings is 1. The summed E-state index contributed by atoms with van der Waals surface area (Å²) in [5.74, 6) is -0.324. The number of piperidine rings is 1. The van der Waals surface area contributed by atoms with Crippen LogP contribution in [-0.2, 0) is 17.9 Å².